The maximum atomic E-state index is 5.68. The lowest BCUT2D eigenvalue weighted by molar-refractivity contribution is 0.122. The fraction of sp³-hybridized carbons (Fsp3) is 0.400. The van der Waals surface area contributed by atoms with Crippen LogP contribution in [0.2, 0.25) is 0 Å². The Morgan fingerprint density at radius 1 is 1.22 bits per heavy atom. The highest BCUT2D eigenvalue weighted by Crippen LogP contribution is 2.16. The Morgan fingerprint density at radius 2 is 2.06 bits per heavy atom. The number of ether oxygens (including phenoxy) is 1. The summed E-state index contributed by atoms with van der Waals surface area (Å²) in [5, 5.41) is 4.49. The molecule has 0 aliphatic rings. The molecule has 1 aromatic carbocycles. The molecule has 0 bridgehead atoms. The smallest absolute Gasteiger partial charge is 0.0757 e. The Morgan fingerprint density at radius 3 is 2.89 bits per heavy atom. The highest BCUT2D eigenvalue weighted by Gasteiger charge is 2.01. The zero-order valence-electron chi connectivity index (χ0n) is 11.0. The predicted molar refractivity (Wildman–Crippen MR) is 74.5 cm³/mol. The predicted octanol–water partition coefficient (Wildman–Crippen LogP) is 2.75. The lowest BCUT2D eigenvalue weighted by Gasteiger charge is -2.09. The second kappa shape index (κ2) is 6.47. The van der Waals surface area contributed by atoms with Crippen molar-refractivity contribution in [2.45, 2.75) is 26.5 Å². The van der Waals surface area contributed by atoms with E-state index in [4.69, 9.17) is 4.74 Å². The third-order valence-electron chi connectivity index (χ3n) is 2.77. The molecule has 0 amide bonds. The van der Waals surface area contributed by atoms with Crippen LogP contribution in [0.4, 0.5) is 0 Å². The van der Waals surface area contributed by atoms with Gasteiger partial charge in [0.05, 0.1) is 18.7 Å². The molecular weight excluding hydrogens is 224 g/mol. The third kappa shape index (κ3) is 3.52. The van der Waals surface area contributed by atoms with Gasteiger partial charge in [-0.05, 0) is 6.07 Å². The number of nitrogens with zero attached hydrogens (tertiary/aromatic N) is 1. The second-order valence-corrected chi connectivity index (χ2v) is 4.65. The molecule has 2 rings (SSSR count). The standard InChI is InChI=1S/C15H20N2O/c1-12(2)16-9-10-18-11-14-6-3-5-13-7-4-8-17-15(13)14/h3-8,12,16H,9-11H2,1-2H3. The van der Waals surface area contributed by atoms with Crippen LogP contribution in [0.25, 0.3) is 10.9 Å². The van der Waals surface area contributed by atoms with Gasteiger partial charge in [0, 0.05) is 29.7 Å². The van der Waals surface area contributed by atoms with Crippen molar-refractivity contribution >= 4 is 10.9 Å². The summed E-state index contributed by atoms with van der Waals surface area (Å²) in [5.74, 6) is 0. The van der Waals surface area contributed by atoms with E-state index < -0.39 is 0 Å². The van der Waals surface area contributed by atoms with Crippen LogP contribution < -0.4 is 5.32 Å². The molecule has 0 radical (unpaired) electrons. The van der Waals surface area contributed by atoms with E-state index in [1.807, 2.05) is 12.3 Å². The van der Waals surface area contributed by atoms with Gasteiger partial charge in [-0.3, -0.25) is 4.98 Å². The second-order valence-electron chi connectivity index (χ2n) is 4.65. The zero-order chi connectivity index (χ0) is 12.8. The van der Waals surface area contributed by atoms with Gasteiger partial charge in [-0.2, -0.15) is 0 Å². The average molecular weight is 244 g/mol. The van der Waals surface area contributed by atoms with Crippen molar-refractivity contribution in [1.82, 2.24) is 10.3 Å². The molecule has 2 aromatic rings. The van der Waals surface area contributed by atoms with E-state index in [1.54, 1.807) is 0 Å². The van der Waals surface area contributed by atoms with Crippen molar-refractivity contribution in [3.63, 3.8) is 0 Å². The van der Waals surface area contributed by atoms with Crippen molar-refractivity contribution in [2.24, 2.45) is 0 Å². The number of pyridine rings is 1. The van der Waals surface area contributed by atoms with Crippen LogP contribution in [0, 0.1) is 0 Å². The van der Waals surface area contributed by atoms with Crippen molar-refractivity contribution < 1.29 is 4.74 Å². The summed E-state index contributed by atoms with van der Waals surface area (Å²) >= 11 is 0. The van der Waals surface area contributed by atoms with Gasteiger partial charge in [0.1, 0.15) is 0 Å². The highest BCUT2D eigenvalue weighted by atomic mass is 16.5. The van der Waals surface area contributed by atoms with Crippen LogP contribution in [-0.4, -0.2) is 24.2 Å². The van der Waals surface area contributed by atoms with E-state index in [2.05, 4.69) is 48.4 Å². The van der Waals surface area contributed by atoms with Gasteiger partial charge < -0.3 is 10.1 Å². The first kappa shape index (κ1) is 13.0. The number of aromatic nitrogens is 1. The van der Waals surface area contributed by atoms with Gasteiger partial charge in [0.2, 0.25) is 0 Å². The Hall–Kier alpha value is -1.45. The summed E-state index contributed by atoms with van der Waals surface area (Å²) in [4.78, 5) is 4.41. The third-order valence-corrected chi connectivity index (χ3v) is 2.77. The monoisotopic (exact) mass is 244 g/mol. The number of para-hydroxylation sites is 1. The van der Waals surface area contributed by atoms with Crippen LogP contribution in [0.1, 0.15) is 19.4 Å². The molecule has 3 heteroatoms. The largest absolute Gasteiger partial charge is 0.375 e. The number of nitrogens with one attached hydrogen (secondary N) is 1. The fourth-order valence-electron chi connectivity index (χ4n) is 1.89. The first-order chi connectivity index (χ1) is 8.77. The molecule has 18 heavy (non-hydrogen) atoms. The topological polar surface area (TPSA) is 34.1 Å². The van der Waals surface area contributed by atoms with Crippen LogP contribution in [-0.2, 0) is 11.3 Å². The van der Waals surface area contributed by atoms with Gasteiger partial charge in [0.25, 0.3) is 0 Å². The molecular formula is C15H20N2O. The molecule has 3 nitrogen and oxygen atoms in total. The molecule has 0 saturated heterocycles. The average Bonchev–Trinajstić information content (AvgIpc) is 2.38. The summed E-state index contributed by atoms with van der Waals surface area (Å²) in [6, 6.07) is 10.7. The van der Waals surface area contributed by atoms with E-state index in [0.29, 0.717) is 12.6 Å². The normalized spacial score (nSPS) is 11.3. The van der Waals surface area contributed by atoms with E-state index in [0.717, 1.165) is 24.2 Å². The Labute approximate surface area is 108 Å². The number of rotatable bonds is 6. The maximum absolute atomic E-state index is 5.68. The van der Waals surface area contributed by atoms with E-state index in [1.165, 1.54) is 5.39 Å². The molecule has 0 atom stereocenters. The van der Waals surface area contributed by atoms with Gasteiger partial charge >= 0.3 is 0 Å². The minimum absolute atomic E-state index is 0.507. The van der Waals surface area contributed by atoms with Crippen molar-refractivity contribution in [1.29, 1.82) is 0 Å². The van der Waals surface area contributed by atoms with Gasteiger partial charge in [-0.1, -0.05) is 38.1 Å². The number of fused-ring (bicyclic) bond motifs is 1. The highest BCUT2D eigenvalue weighted by molar-refractivity contribution is 5.81. The zero-order valence-corrected chi connectivity index (χ0v) is 11.0. The molecule has 0 spiro atoms. The molecule has 0 aliphatic heterocycles. The molecule has 0 aliphatic carbocycles. The fourth-order valence-corrected chi connectivity index (χ4v) is 1.89. The number of hydrogen-bond acceptors (Lipinski definition) is 3. The number of benzene rings is 1. The molecule has 1 heterocycles. The van der Waals surface area contributed by atoms with Crippen LogP contribution in [0.15, 0.2) is 36.5 Å². The SMILES string of the molecule is CC(C)NCCOCc1cccc2cccnc12. The van der Waals surface area contributed by atoms with Crippen molar-refractivity contribution in [2.75, 3.05) is 13.2 Å². The maximum Gasteiger partial charge on any atom is 0.0757 e. The van der Waals surface area contributed by atoms with Crippen LogP contribution in [0.3, 0.4) is 0 Å². The molecule has 1 aromatic heterocycles. The molecule has 0 unspecified atom stereocenters. The summed E-state index contributed by atoms with van der Waals surface area (Å²) in [6.07, 6.45) is 1.83. The molecule has 0 saturated carbocycles. The summed E-state index contributed by atoms with van der Waals surface area (Å²) in [5.41, 5.74) is 2.19. The minimum Gasteiger partial charge on any atom is -0.375 e. The summed E-state index contributed by atoms with van der Waals surface area (Å²) in [7, 11) is 0. The molecule has 96 valence electrons. The van der Waals surface area contributed by atoms with Gasteiger partial charge in [-0.25, -0.2) is 0 Å². The molecule has 0 fully saturated rings. The van der Waals surface area contributed by atoms with E-state index in [-0.39, 0.29) is 0 Å². The van der Waals surface area contributed by atoms with Crippen LogP contribution in [0.5, 0.6) is 0 Å². The van der Waals surface area contributed by atoms with E-state index in [9.17, 15) is 0 Å². The number of hydrogen-bond donors (Lipinski definition) is 1. The van der Waals surface area contributed by atoms with Gasteiger partial charge in [0.15, 0.2) is 0 Å². The van der Waals surface area contributed by atoms with E-state index >= 15 is 0 Å². The van der Waals surface area contributed by atoms with Crippen molar-refractivity contribution in [3.8, 4) is 0 Å². The van der Waals surface area contributed by atoms with Crippen molar-refractivity contribution in [3.05, 3.63) is 42.1 Å². The lowest BCUT2D eigenvalue weighted by Crippen LogP contribution is -2.26. The lowest BCUT2D eigenvalue weighted by atomic mass is 10.1. The summed E-state index contributed by atoms with van der Waals surface area (Å²) in [6.45, 7) is 6.49. The Kier molecular flexibility index (Phi) is 4.67. The van der Waals surface area contributed by atoms with Gasteiger partial charge in [-0.15, -0.1) is 0 Å². The first-order valence-corrected chi connectivity index (χ1v) is 6.41. The Balaban J connectivity index is 1.91. The summed E-state index contributed by atoms with van der Waals surface area (Å²) < 4.78 is 5.68. The first-order valence-electron chi connectivity index (χ1n) is 6.41. The molecule has 1 N–H and O–H groups in total. The quantitative estimate of drug-likeness (QED) is 0.793. The van der Waals surface area contributed by atoms with Crippen LogP contribution >= 0.6 is 0 Å². The minimum atomic E-state index is 0.507. The Bertz CT molecular complexity index is 491.